The molecule has 0 aromatic carbocycles. The van der Waals surface area contributed by atoms with Crippen LogP contribution in [0.4, 0.5) is 4.79 Å². The van der Waals surface area contributed by atoms with E-state index in [2.05, 4.69) is 17.0 Å². The lowest BCUT2D eigenvalue weighted by atomic mass is 10.1. The monoisotopic (exact) mass is 277 g/mol. The molecule has 0 aromatic heterocycles. The zero-order chi connectivity index (χ0) is 15.3. The first kappa shape index (κ1) is 19.7. The van der Waals surface area contributed by atoms with Crippen LogP contribution in [-0.4, -0.2) is 40.3 Å². The number of amides is 1. The Morgan fingerprint density at radius 2 is 1.84 bits per heavy atom. The number of aliphatic carboxylic acids is 1. The topological polar surface area (TPSA) is 130 Å². The highest BCUT2D eigenvalue weighted by Crippen LogP contribution is 2.09. The maximum atomic E-state index is 10.3. The van der Waals surface area contributed by atoms with Gasteiger partial charge in [-0.25, -0.2) is 9.59 Å². The van der Waals surface area contributed by atoms with Gasteiger partial charge in [-0.2, -0.15) is 0 Å². The number of carbonyl (C=O) groups excluding carboxylic acids is 1. The average molecular weight is 277 g/mol. The maximum absolute atomic E-state index is 10.3. The van der Waals surface area contributed by atoms with E-state index in [0.29, 0.717) is 25.9 Å². The molecule has 0 bridgehead atoms. The van der Waals surface area contributed by atoms with E-state index in [1.807, 2.05) is 0 Å². The number of carboxylic acid groups (broad SMARTS) is 1. The van der Waals surface area contributed by atoms with Crippen molar-refractivity contribution in [3.05, 3.63) is 12.2 Å². The van der Waals surface area contributed by atoms with E-state index in [1.165, 1.54) is 0 Å². The molecule has 7 heteroatoms. The predicted molar refractivity (Wildman–Crippen MR) is 69.3 cm³/mol. The van der Waals surface area contributed by atoms with Gasteiger partial charge in [-0.15, -0.1) is 0 Å². The fourth-order valence-electron chi connectivity index (χ4n) is 1.09. The molecule has 0 rings (SSSR count). The Morgan fingerprint density at radius 1 is 1.26 bits per heavy atom. The van der Waals surface area contributed by atoms with E-state index >= 15 is 0 Å². The second-order valence-corrected chi connectivity index (χ2v) is 3.74. The van der Waals surface area contributed by atoms with Gasteiger partial charge >= 0.3 is 12.1 Å². The number of aliphatic hydroxyl groups is 2. The molecule has 0 saturated carbocycles. The fraction of sp³-hybridized carbons (Fsp3) is 0.667. The van der Waals surface area contributed by atoms with Crippen molar-refractivity contribution in [2.45, 2.75) is 45.3 Å². The fourth-order valence-corrected chi connectivity index (χ4v) is 1.09. The Bertz CT molecular complexity index is 277. The quantitative estimate of drug-likeness (QED) is 0.297. The van der Waals surface area contributed by atoms with Gasteiger partial charge in [-0.1, -0.05) is 13.0 Å². The molecule has 0 spiro atoms. The smallest absolute Gasteiger partial charge is 0.404 e. The van der Waals surface area contributed by atoms with Gasteiger partial charge in [-0.3, -0.25) is 0 Å². The third-order valence-electron chi connectivity index (χ3n) is 2.03. The first-order chi connectivity index (χ1) is 8.81. The van der Waals surface area contributed by atoms with Crippen molar-refractivity contribution < 1.29 is 29.6 Å². The summed E-state index contributed by atoms with van der Waals surface area (Å²) in [5.41, 5.74) is 4.75. The van der Waals surface area contributed by atoms with Crippen molar-refractivity contribution in [1.29, 1.82) is 0 Å². The predicted octanol–water partition coefficient (Wildman–Crippen LogP) is 0.990. The molecular formula is C12H23NO6. The number of aliphatic hydroxyl groups excluding tert-OH is 1. The highest BCUT2D eigenvalue weighted by Gasteiger charge is 2.03. The van der Waals surface area contributed by atoms with Crippen molar-refractivity contribution >= 4 is 12.1 Å². The van der Waals surface area contributed by atoms with Crippen LogP contribution in [0.2, 0.25) is 0 Å². The van der Waals surface area contributed by atoms with Crippen LogP contribution in [0.1, 0.15) is 39.0 Å². The minimum Gasteiger partial charge on any atom is -0.478 e. The van der Waals surface area contributed by atoms with Gasteiger partial charge in [-0.05, 0) is 32.6 Å². The Balaban J connectivity index is 0. The molecule has 0 aromatic rings. The highest BCUT2D eigenvalue weighted by molar-refractivity contribution is 5.85. The van der Waals surface area contributed by atoms with E-state index < -0.39 is 18.4 Å². The summed E-state index contributed by atoms with van der Waals surface area (Å²) in [5, 5.41) is 25.4. The van der Waals surface area contributed by atoms with Crippen LogP contribution < -0.4 is 5.73 Å². The van der Waals surface area contributed by atoms with Crippen LogP contribution in [0.25, 0.3) is 0 Å². The lowest BCUT2D eigenvalue weighted by molar-refractivity contribution is -0.132. The molecule has 0 aliphatic heterocycles. The molecule has 0 aliphatic rings. The number of hydrogen-bond acceptors (Lipinski definition) is 5. The Kier molecular flexibility index (Phi) is 13.3. The van der Waals surface area contributed by atoms with Crippen molar-refractivity contribution in [3.63, 3.8) is 0 Å². The van der Waals surface area contributed by atoms with Crippen molar-refractivity contribution in [2.75, 3.05) is 6.61 Å². The second-order valence-electron chi connectivity index (χ2n) is 3.74. The van der Waals surface area contributed by atoms with Crippen LogP contribution >= 0.6 is 0 Å². The summed E-state index contributed by atoms with van der Waals surface area (Å²) in [5.74, 6) is -0.956. The molecule has 0 atom stereocenters. The van der Waals surface area contributed by atoms with Gasteiger partial charge in [0.15, 0.2) is 6.29 Å². The first-order valence-electron chi connectivity index (χ1n) is 6.00. The summed E-state index contributed by atoms with van der Waals surface area (Å²) in [6, 6.07) is 0. The van der Waals surface area contributed by atoms with Gasteiger partial charge in [0.25, 0.3) is 0 Å². The van der Waals surface area contributed by atoms with Crippen LogP contribution in [0.3, 0.4) is 0 Å². The van der Waals surface area contributed by atoms with Crippen LogP contribution in [-0.2, 0) is 9.53 Å². The summed E-state index contributed by atoms with van der Waals surface area (Å²) in [4.78, 5) is 19.9. The lowest BCUT2D eigenvalue weighted by Gasteiger charge is -2.02. The van der Waals surface area contributed by atoms with Crippen molar-refractivity contribution in [1.82, 2.24) is 0 Å². The van der Waals surface area contributed by atoms with Crippen molar-refractivity contribution in [3.8, 4) is 0 Å². The molecular weight excluding hydrogens is 254 g/mol. The van der Waals surface area contributed by atoms with Gasteiger partial charge in [0, 0.05) is 5.57 Å². The van der Waals surface area contributed by atoms with Gasteiger partial charge < -0.3 is 25.8 Å². The number of primary amides is 1. The number of carbonyl (C=O) groups is 2. The van der Waals surface area contributed by atoms with Crippen LogP contribution in [0, 0.1) is 0 Å². The summed E-state index contributed by atoms with van der Waals surface area (Å²) in [7, 11) is 0. The Hall–Kier alpha value is -1.60. The molecule has 0 aliphatic carbocycles. The third kappa shape index (κ3) is 18.9. The zero-order valence-corrected chi connectivity index (χ0v) is 11.2. The average Bonchev–Trinajstić information content (AvgIpc) is 2.28. The molecule has 1 amide bonds. The molecule has 0 saturated heterocycles. The lowest BCUT2D eigenvalue weighted by Crippen LogP contribution is -2.11. The SMILES string of the molecule is C=C(CCCCCC(O)O)C(=O)O.CCOC(N)=O. The number of carboxylic acids is 1. The van der Waals surface area contributed by atoms with E-state index in [1.54, 1.807) is 6.92 Å². The van der Waals surface area contributed by atoms with E-state index in [-0.39, 0.29) is 5.57 Å². The first-order valence-corrected chi connectivity index (χ1v) is 6.00. The molecule has 7 nitrogen and oxygen atoms in total. The normalized spacial score (nSPS) is 9.47. The second kappa shape index (κ2) is 12.8. The van der Waals surface area contributed by atoms with Gasteiger partial charge in [0.2, 0.25) is 0 Å². The standard InChI is InChI=1S/C9H16O4.C3H7NO2/c1-7(9(12)13)5-3-2-4-6-8(10)11;1-2-6-3(4)5/h8,10-11H,1-6H2,(H,12,13);2H2,1H3,(H2,4,5). The summed E-state index contributed by atoms with van der Waals surface area (Å²) < 4.78 is 4.18. The third-order valence-corrected chi connectivity index (χ3v) is 2.03. The molecule has 19 heavy (non-hydrogen) atoms. The summed E-state index contributed by atoms with van der Waals surface area (Å²) in [6.45, 7) is 5.44. The minimum absolute atomic E-state index is 0.213. The van der Waals surface area contributed by atoms with E-state index in [4.69, 9.17) is 15.3 Å². The summed E-state index contributed by atoms with van der Waals surface area (Å²) in [6.07, 6.45) is 1.09. The summed E-state index contributed by atoms with van der Waals surface area (Å²) >= 11 is 0. The van der Waals surface area contributed by atoms with Crippen LogP contribution in [0.15, 0.2) is 12.2 Å². The van der Waals surface area contributed by atoms with Crippen molar-refractivity contribution in [2.24, 2.45) is 5.73 Å². The molecule has 112 valence electrons. The largest absolute Gasteiger partial charge is 0.478 e. The van der Waals surface area contributed by atoms with E-state index in [0.717, 1.165) is 12.8 Å². The molecule has 0 radical (unpaired) electrons. The number of rotatable bonds is 8. The van der Waals surface area contributed by atoms with Gasteiger partial charge in [0.1, 0.15) is 0 Å². The minimum atomic E-state index is -1.25. The molecule has 0 fully saturated rings. The zero-order valence-electron chi connectivity index (χ0n) is 11.2. The Morgan fingerprint density at radius 3 is 2.16 bits per heavy atom. The molecule has 5 N–H and O–H groups in total. The molecule has 0 heterocycles. The molecule has 0 unspecified atom stereocenters. The van der Waals surface area contributed by atoms with Crippen LogP contribution in [0.5, 0.6) is 0 Å². The Labute approximate surface area is 112 Å². The van der Waals surface area contributed by atoms with Gasteiger partial charge in [0.05, 0.1) is 6.61 Å². The van der Waals surface area contributed by atoms with E-state index in [9.17, 15) is 9.59 Å². The number of hydrogen-bond donors (Lipinski definition) is 4. The number of ether oxygens (including phenoxy) is 1. The number of unbranched alkanes of at least 4 members (excludes halogenated alkanes) is 2. The maximum Gasteiger partial charge on any atom is 0.404 e. The number of nitrogens with two attached hydrogens (primary N) is 1. The highest BCUT2D eigenvalue weighted by atomic mass is 16.5.